The van der Waals surface area contributed by atoms with Crippen LogP contribution in [0.5, 0.6) is 17.2 Å². The Bertz CT molecular complexity index is 4690. The number of aryl methyl sites for hydroxylation is 1. The number of aromatic nitrogens is 10. The molecule has 1 aliphatic carbocycles. The quantitative estimate of drug-likeness (QED) is 0.0322. The number of likely N-dealkylation sites (tertiary alicyclic amines) is 2. The molecule has 1 saturated carbocycles. The SMILES string of the molecule is C=CC(=O)Nc1cccc(Nc2nc(Nc3ccc(OCCC)cc3)ncc2F)c1.CC#CC(=O)N1CC[C@@H](n2c(=O)n(-c3ccc(Oc4ccccc4)cc3)c3c(N)ncnc32)C1.[C-]#[N+]/C(=C\C1CC1)C(=O)N1CCC[C@@H](n2nc(-c3ccc(C)cc3)c3c(N)ncnc32)C1. The molecule has 5 aromatic carbocycles. The minimum absolute atomic E-state index is 0.00240. The minimum Gasteiger partial charge on any atom is -0.494 e. The number of hydrogen-bond donors (Lipinski definition) is 5. The van der Waals surface area contributed by atoms with Gasteiger partial charge in [-0.25, -0.2) is 43.6 Å². The van der Waals surface area contributed by atoms with E-state index in [0.29, 0.717) is 90.6 Å². The number of halogens is 1. The maximum absolute atomic E-state index is 14.2. The molecule has 0 bridgehead atoms. The van der Waals surface area contributed by atoms with E-state index in [0.717, 1.165) is 77.7 Å². The first-order chi connectivity index (χ1) is 46.7. The molecule has 7 N–H and O–H groups in total. The van der Waals surface area contributed by atoms with Gasteiger partial charge in [0.25, 0.3) is 11.8 Å². The lowest BCUT2D eigenvalue weighted by Gasteiger charge is -2.33. The number of nitrogens with two attached hydrogens (primary N) is 2. The Morgan fingerprint density at radius 3 is 2.21 bits per heavy atom. The summed E-state index contributed by atoms with van der Waals surface area (Å²) in [7, 11) is 0. The van der Waals surface area contributed by atoms with E-state index in [9.17, 15) is 23.6 Å². The zero-order valence-corrected chi connectivity index (χ0v) is 53.0. The fourth-order valence-corrected chi connectivity index (χ4v) is 11.1. The van der Waals surface area contributed by atoms with Crippen LogP contribution in [-0.2, 0) is 14.4 Å². The number of para-hydroxylation sites is 1. The second-order valence-corrected chi connectivity index (χ2v) is 22.8. The molecule has 3 amide bonds. The number of rotatable bonds is 17. The maximum Gasteiger partial charge on any atom is 0.335 e. The van der Waals surface area contributed by atoms with Crippen molar-refractivity contribution in [1.82, 2.24) is 58.6 Å². The number of allylic oxidation sites excluding steroid dienone is 1. The first-order valence-corrected chi connectivity index (χ1v) is 31.2. The number of imidazole rings is 1. The number of carbonyl (C=O) groups excluding carboxylic acids is 3. The van der Waals surface area contributed by atoms with Gasteiger partial charge in [-0.15, -0.1) is 0 Å². The smallest absolute Gasteiger partial charge is 0.335 e. The molecular formula is C71H69FN18O6. The largest absolute Gasteiger partial charge is 0.494 e. The summed E-state index contributed by atoms with van der Waals surface area (Å²) >= 11 is 0. The number of piperidine rings is 1. The van der Waals surface area contributed by atoms with Gasteiger partial charge >= 0.3 is 5.69 Å². The van der Waals surface area contributed by atoms with Crippen molar-refractivity contribution in [2.24, 2.45) is 5.92 Å². The standard InChI is InChI=1S/C25H22N6O3.C24H25N7O.C22H22FN5O2/c1-2-6-21(32)29-14-13-18(15-29)31-24-22(23(26)27-16-28-24)30(25(31)33)17-9-11-20(12-10-17)34-19-7-4-3-5-8-19;1-15-5-9-17(10-6-15)21-20-22(25)27-14-28-23(20)31(29-21)18-4-3-11-30(13-18)24(32)19(26-2)12-16-7-8-16;1-3-12-30-18-10-8-15(9-11-18)27-22-24-14-19(23)21(28-22)26-17-7-5-6-16(13-17)25-20(29)4-2/h3-5,7-12,16,18H,13-15H2,1H3,(H2,26,27,28);5-6,9-10,12,14,16,18H,3-4,7-8,11,13H2,1H3,(H2,25,27,28);4-11,13-14H,2-3,12H2,1H3,(H,25,29)(H2,24,26,27,28)/b;19-12-;/t2*18-;/m11./s1. The highest BCUT2D eigenvalue weighted by molar-refractivity contribution is 6.00. The number of ether oxygens (including phenoxy) is 2. The molecule has 10 aromatic rings. The molecule has 0 radical (unpaired) electrons. The number of nitrogens with zero attached hydrogens (tertiary/aromatic N) is 13. The highest BCUT2D eigenvalue weighted by Crippen LogP contribution is 2.36. The van der Waals surface area contributed by atoms with Crippen molar-refractivity contribution in [2.45, 2.75) is 71.4 Å². The molecule has 5 aromatic heterocycles. The molecule has 0 spiro atoms. The van der Waals surface area contributed by atoms with Crippen LogP contribution in [0.25, 0.3) is 44.0 Å². The van der Waals surface area contributed by atoms with Gasteiger partial charge in [0, 0.05) is 48.8 Å². The van der Waals surface area contributed by atoms with Gasteiger partial charge in [-0.05, 0) is 149 Å². The predicted molar refractivity (Wildman–Crippen MR) is 366 cm³/mol. The third-order valence-electron chi connectivity index (χ3n) is 15.9. The maximum atomic E-state index is 14.2. The number of nitrogen functional groups attached to an aromatic ring is 2. The second-order valence-electron chi connectivity index (χ2n) is 22.8. The van der Waals surface area contributed by atoms with Crippen LogP contribution in [0, 0.1) is 37.1 Å². The number of amides is 3. The molecule has 13 rings (SSSR count). The average Bonchev–Trinajstić information content (AvgIpc) is 1.54. The minimum atomic E-state index is -0.607. The Morgan fingerprint density at radius 2 is 1.49 bits per heavy atom. The summed E-state index contributed by atoms with van der Waals surface area (Å²) in [5.41, 5.74) is 19.2. The second kappa shape index (κ2) is 30.0. The normalized spacial score (nSPS) is 15.0. The van der Waals surface area contributed by atoms with Crippen LogP contribution in [0.1, 0.15) is 70.0 Å². The number of fused-ring (bicyclic) bond motifs is 2. The lowest BCUT2D eigenvalue weighted by molar-refractivity contribution is -0.128. The van der Waals surface area contributed by atoms with Gasteiger partial charge in [0.2, 0.25) is 17.6 Å². The number of carbonyl (C=O) groups is 3. The topological polar surface area (TPSA) is 291 Å². The number of anilines is 7. The molecule has 486 valence electrons. The Labute approximate surface area is 552 Å². The molecule has 2 saturated heterocycles. The fraction of sp³-hybridized carbons (Fsp3) is 0.239. The van der Waals surface area contributed by atoms with Crippen molar-refractivity contribution in [3.8, 4) is 46.0 Å². The third-order valence-corrected chi connectivity index (χ3v) is 15.9. The Morgan fingerprint density at radius 1 is 0.781 bits per heavy atom. The van der Waals surface area contributed by atoms with E-state index in [2.05, 4.69) is 69.1 Å². The highest BCUT2D eigenvalue weighted by atomic mass is 19.1. The molecular weight excluding hydrogens is 1220 g/mol. The summed E-state index contributed by atoms with van der Waals surface area (Å²) in [5, 5.41) is 14.2. The lowest BCUT2D eigenvalue weighted by Crippen LogP contribution is -2.41. The zero-order valence-electron chi connectivity index (χ0n) is 53.0. The van der Waals surface area contributed by atoms with Gasteiger partial charge in [-0.3, -0.25) is 23.5 Å². The third kappa shape index (κ3) is 15.4. The summed E-state index contributed by atoms with van der Waals surface area (Å²) in [6.45, 7) is 19.3. The number of nitrogens with one attached hydrogen (secondary N) is 3. The van der Waals surface area contributed by atoms with E-state index in [-0.39, 0.29) is 58.8 Å². The summed E-state index contributed by atoms with van der Waals surface area (Å²) in [6.07, 6.45) is 12.3. The van der Waals surface area contributed by atoms with Gasteiger partial charge < -0.3 is 46.7 Å². The van der Waals surface area contributed by atoms with Crippen molar-refractivity contribution in [2.75, 3.05) is 60.2 Å². The van der Waals surface area contributed by atoms with Gasteiger partial charge in [0.1, 0.15) is 46.9 Å². The Hall–Kier alpha value is -12.3. The lowest BCUT2D eigenvalue weighted by atomic mass is 10.1. The van der Waals surface area contributed by atoms with Crippen molar-refractivity contribution < 1.29 is 28.2 Å². The Kier molecular flexibility index (Phi) is 20.4. The van der Waals surface area contributed by atoms with E-state index in [1.165, 1.54) is 23.3 Å². The van der Waals surface area contributed by atoms with Crippen molar-refractivity contribution in [3.63, 3.8) is 0 Å². The molecule has 25 heteroatoms. The van der Waals surface area contributed by atoms with E-state index >= 15 is 0 Å². The first kappa shape index (κ1) is 65.2. The average molecular weight is 1290 g/mol. The molecule has 3 aliphatic rings. The monoisotopic (exact) mass is 1290 g/mol. The van der Waals surface area contributed by atoms with Gasteiger partial charge in [-0.1, -0.05) is 79.6 Å². The highest BCUT2D eigenvalue weighted by Gasteiger charge is 2.33. The van der Waals surface area contributed by atoms with E-state index in [4.69, 9.17) is 32.6 Å². The van der Waals surface area contributed by atoms with Gasteiger partial charge in [-0.2, -0.15) is 10.1 Å². The van der Waals surface area contributed by atoms with Crippen molar-refractivity contribution in [1.29, 1.82) is 0 Å². The molecule has 2 atom stereocenters. The van der Waals surface area contributed by atoms with Crippen molar-refractivity contribution in [3.05, 3.63) is 204 Å². The van der Waals surface area contributed by atoms with Crippen LogP contribution in [0.15, 0.2) is 175 Å². The van der Waals surface area contributed by atoms with E-state index in [1.807, 2.05) is 103 Å². The van der Waals surface area contributed by atoms with Gasteiger partial charge in [0.05, 0.1) is 42.5 Å². The summed E-state index contributed by atoms with van der Waals surface area (Å²) in [5.74, 6) is 7.17. The molecule has 0 unspecified atom stereocenters. The van der Waals surface area contributed by atoms with Crippen LogP contribution in [0.3, 0.4) is 0 Å². The van der Waals surface area contributed by atoms with Crippen LogP contribution in [-0.4, -0.2) is 109 Å². The summed E-state index contributed by atoms with van der Waals surface area (Å²) < 4.78 is 30.6. The molecule has 24 nitrogen and oxygen atoms in total. The fourth-order valence-electron chi connectivity index (χ4n) is 11.1. The van der Waals surface area contributed by atoms with E-state index < -0.39 is 5.82 Å². The van der Waals surface area contributed by atoms with Crippen molar-refractivity contribution >= 4 is 80.4 Å². The van der Waals surface area contributed by atoms with E-state index in [1.54, 1.807) is 69.8 Å². The van der Waals surface area contributed by atoms with Crippen LogP contribution in [0.4, 0.5) is 44.9 Å². The molecule has 2 aliphatic heterocycles. The number of hydrogen-bond acceptors (Lipinski definition) is 17. The first-order valence-electron chi connectivity index (χ1n) is 31.2. The van der Waals surface area contributed by atoms with Crippen LogP contribution in [0.2, 0.25) is 0 Å². The molecule has 3 fully saturated rings. The predicted octanol–water partition coefficient (Wildman–Crippen LogP) is 11.5. The molecule has 7 heterocycles. The molecule has 96 heavy (non-hydrogen) atoms. The summed E-state index contributed by atoms with van der Waals surface area (Å²) in [6, 6.07) is 38.6. The van der Waals surface area contributed by atoms with Crippen LogP contribution < -0.4 is 42.6 Å². The van der Waals surface area contributed by atoms with Gasteiger partial charge in [0.15, 0.2) is 28.7 Å². The zero-order chi connectivity index (χ0) is 67.2. The van der Waals surface area contributed by atoms with Crippen LogP contribution >= 0.6 is 0 Å². The summed E-state index contributed by atoms with van der Waals surface area (Å²) in [4.78, 5) is 82.6. The Balaban J connectivity index is 0.000000147. The number of benzene rings is 5.